The van der Waals surface area contributed by atoms with Gasteiger partial charge in [-0.1, -0.05) is 20.3 Å². The van der Waals surface area contributed by atoms with E-state index in [1.165, 1.54) is 0 Å². The summed E-state index contributed by atoms with van der Waals surface area (Å²) in [7, 11) is 0. The molecule has 1 aliphatic heterocycles. The first-order valence-corrected chi connectivity index (χ1v) is 4.60. The molecule has 2 N–H and O–H groups in total. The number of nitrogens with one attached hydrogen (secondary N) is 2. The highest BCUT2D eigenvalue weighted by Gasteiger charge is 2.41. The first kappa shape index (κ1) is 10.2. The normalized spacial score (nSPS) is 31.3. The molecule has 1 aliphatic rings. The highest BCUT2D eigenvalue weighted by molar-refractivity contribution is 6.03. The van der Waals surface area contributed by atoms with E-state index in [0.717, 1.165) is 6.42 Å². The highest BCUT2D eigenvalue weighted by Crippen LogP contribution is 2.21. The molecular weight excluding hydrogens is 168 g/mol. The van der Waals surface area contributed by atoms with Crippen LogP contribution in [0.15, 0.2) is 0 Å². The van der Waals surface area contributed by atoms with Crippen LogP contribution in [0.2, 0.25) is 0 Å². The van der Waals surface area contributed by atoms with Crippen LogP contribution in [0.1, 0.15) is 27.2 Å². The lowest BCUT2D eigenvalue weighted by Gasteiger charge is -2.37. The van der Waals surface area contributed by atoms with Gasteiger partial charge in [0, 0.05) is 0 Å². The van der Waals surface area contributed by atoms with Crippen molar-refractivity contribution in [3.05, 3.63) is 0 Å². The van der Waals surface area contributed by atoms with Gasteiger partial charge >= 0.3 is 0 Å². The Labute approximate surface area is 78.1 Å². The van der Waals surface area contributed by atoms with Crippen molar-refractivity contribution in [2.45, 2.75) is 32.7 Å². The van der Waals surface area contributed by atoms with Crippen molar-refractivity contribution in [2.24, 2.45) is 5.92 Å². The Morgan fingerprint density at radius 2 is 2.15 bits per heavy atom. The minimum absolute atomic E-state index is 0.210. The van der Waals surface area contributed by atoms with Gasteiger partial charge in [0.15, 0.2) is 0 Å². The average molecular weight is 184 g/mol. The van der Waals surface area contributed by atoms with Gasteiger partial charge in [-0.2, -0.15) is 0 Å². The van der Waals surface area contributed by atoms with Gasteiger partial charge < -0.3 is 0 Å². The van der Waals surface area contributed by atoms with E-state index in [9.17, 15) is 9.59 Å². The van der Waals surface area contributed by atoms with Crippen LogP contribution >= 0.6 is 0 Å². The van der Waals surface area contributed by atoms with Gasteiger partial charge in [-0.25, -0.2) is 0 Å². The minimum Gasteiger partial charge on any atom is -0.295 e. The Kier molecular flexibility index (Phi) is 2.71. The van der Waals surface area contributed by atoms with Gasteiger partial charge in [-0.15, -0.1) is 0 Å². The third-order valence-corrected chi connectivity index (χ3v) is 2.94. The summed E-state index contributed by atoms with van der Waals surface area (Å²) in [5, 5.41) is 5.33. The standard InChI is InChI=1S/C9H16N2O2/c1-4-6(2)9(3)8(13)11-7(12)5-10-9/h6,10H,4-5H2,1-3H3,(H,11,12,13). The summed E-state index contributed by atoms with van der Waals surface area (Å²) in [6, 6.07) is 0. The molecule has 1 rings (SSSR count). The van der Waals surface area contributed by atoms with Crippen LogP contribution < -0.4 is 10.6 Å². The Hall–Kier alpha value is -0.900. The fourth-order valence-corrected chi connectivity index (χ4v) is 1.45. The van der Waals surface area contributed by atoms with E-state index in [0.29, 0.717) is 0 Å². The number of rotatable bonds is 2. The van der Waals surface area contributed by atoms with E-state index < -0.39 is 5.54 Å². The largest absolute Gasteiger partial charge is 0.295 e. The molecule has 2 atom stereocenters. The van der Waals surface area contributed by atoms with Crippen LogP contribution in [0.5, 0.6) is 0 Å². The number of amides is 2. The number of imide groups is 1. The molecule has 0 aromatic heterocycles. The lowest BCUT2D eigenvalue weighted by atomic mass is 9.83. The van der Waals surface area contributed by atoms with Crippen molar-refractivity contribution in [1.82, 2.24) is 10.6 Å². The number of carbonyl (C=O) groups excluding carboxylic acids is 2. The fourth-order valence-electron chi connectivity index (χ4n) is 1.45. The van der Waals surface area contributed by atoms with Crippen molar-refractivity contribution in [3.8, 4) is 0 Å². The Morgan fingerprint density at radius 3 is 2.62 bits per heavy atom. The van der Waals surface area contributed by atoms with Gasteiger partial charge in [-0.05, 0) is 12.8 Å². The first-order chi connectivity index (χ1) is 6.00. The molecule has 0 aliphatic carbocycles. The zero-order chi connectivity index (χ0) is 10.1. The maximum atomic E-state index is 11.5. The van der Waals surface area contributed by atoms with Crippen LogP contribution in [0, 0.1) is 5.92 Å². The molecule has 4 nitrogen and oxygen atoms in total. The molecule has 2 unspecified atom stereocenters. The van der Waals surface area contributed by atoms with Crippen molar-refractivity contribution in [2.75, 3.05) is 6.54 Å². The molecule has 0 radical (unpaired) electrons. The quantitative estimate of drug-likeness (QED) is 0.596. The van der Waals surface area contributed by atoms with Crippen LogP contribution in [-0.4, -0.2) is 23.9 Å². The van der Waals surface area contributed by atoms with Crippen molar-refractivity contribution in [1.29, 1.82) is 0 Å². The number of piperazine rings is 1. The lowest BCUT2D eigenvalue weighted by Crippen LogP contribution is -2.66. The van der Waals surface area contributed by atoms with Gasteiger partial charge in [0.25, 0.3) is 0 Å². The van der Waals surface area contributed by atoms with Crippen molar-refractivity contribution < 1.29 is 9.59 Å². The van der Waals surface area contributed by atoms with Crippen LogP contribution in [-0.2, 0) is 9.59 Å². The zero-order valence-corrected chi connectivity index (χ0v) is 8.31. The smallest absolute Gasteiger partial charge is 0.246 e. The maximum Gasteiger partial charge on any atom is 0.246 e. The molecule has 0 aromatic carbocycles. The third-order valence-electron chi connectivity index (χ3n) is 2.94. The van der Waals surface area contributed by atoms with Gasteiger partial charge in [0.05, 0.1) is 12.1 Å². The van der Waals surface area contributed by atoms with Gasteiger partial charge in [0.2, 0.25) is 11.8 Å². The molecule has 0 bridgehead atoms. The molecule has 0 spiro atoms. The molecule has 2 amide bonds. The molecule has 1 saturated heterocycles. The predicted molar refractivity (Wildman–Crippen MR) is 49.0 cm³/mol. The monoisotopic (exact) mass is 184 g/mol. The highest BCUT2D eigenvalue weighted by atomic mass is 16.2. The summed E-state index contributed by atoms with van der Waals surface area (Å²) in [6.07, 6.45) is 0.908. The Bertz CT molecular complexity index is 240. The lowest BCUT2D eigenvalue weighted by molar-refractivity contribution is -0.139. The average Bonchev–Trinajstić information content (AvgIpc) is 2.11. The second kappa shape index (κ2) is 3.46. The summed E-state index contributed by atoms with van der Waals surface area (Å²) in [5.74, 6) is -0.232. The molecule has 4 heteroatoms. The summed E-state index contributed by atoms with van der Waals surface area (Å²) < 4.78 is 0. The van der Waals surface area contributed by atoms with Crippen molar-refractivity contribution in [3.63, 3.8) is 0 Å². The topological polar surface area (TPSA) is 58.2 Å². The minimum atomic E-state index is -0.595. The number of hydrogen-bond acceptors (Lipinski definition) is 3. The van der Waals surface area contributed by atoms with E-state index in [1.54, 1.807) is 0 Å². The second-order valence-electron chi connectivity index (χ2n) is 3.74. The van der Waals surface area contributed by atoms with Gasteiger partial charge in [-0.3, -0.25) is 20.2 Å². The molecule has 0 saturated carbocycles. The summed E-state index contributed by atoms with van der Waals surface area (Å²) >= 11 is 0. The zero-order valence-electron chi connectivity index (χ0n) is 8.31. The van der Waals surface area contributed by atoms with E-state index in [4.69, 9.17) is 0 Å². The van der Waals surface area contributed by atoms with Gasteiger partial charge in [0.1, 0.15) is 0 Å². The molecule has 74 valence electrons. The Morgan fingerprint density at radius 1 is 1.54 bits per heavy atom. The molecule has 1 fully saturated rings. The van der Waals surface area contributed by atoms with Crippen LogP contribution in [0.3, 0.4) is 0 Å². The summed E-state index contributed by atoms with van der Waals surface area (Å²) in [5.41, 5.74) is -0.595. The number of hydrogen-bond donors (Lipinski definition) is 2. The second-order valence-corrected chi connectivity index (χ2v) is 3.74. The van der Waals surface area contributed by atoms with E-state index >= 15 is 0 Å². The summed E-state index contributed by atoms with van der Waals surface area (Å²) in [4.78, 5) is 22.4. The maximum absolute atomic E-state index is 11.5. The van der Waals surface area contributed by atoms with E-state index in [1.807, 2.05) is 20.8 Å². The number of carbonyl (C=O) groups is 2. The third kappa shape index (κ3) is 1.72. The molecule has 13 heavy (non-hydrogen) atoms. The molecule has 1 heterocycles. The molecular formula is C9H16N2O2. The fraction of sp³-hybridized carbons (Fsp3) is 0.778. The van der Waals surface area contributed by atoms with Crippen LogP contribution in [0.4, 0.5) is 0 Å². The Balaban J connectivity index is 2.78. The molecule has 0 aromatic rings. The van der Waals surface area contributed by atoms with Crippen molar-refractivity contribution >= 4 is 11.8 Å². The SMILES string of the molecule is CCC(C)C1(C)NCC(=O)NC1=O. The van der Waals surface area contributed by atoms with E-state index in [2.05, 4.69) is 10.6 Å². The van der Waals surface area contributed by atoms with E-state index in [-0.39, 0.29) is 24.3 Å². The first-order valence-electron chi connectivity index (χ1n) is 4.60. The summed E-state index contributed by atoms with van der Waals surface area (Å²) in [6.45, 7) is 6.10. The van der Waals surface area contributed by atoms with Crippen LogP contribution in [0.25, 0.3) is 0 Å². The predicted octanol–water partition coefficient (Wildman–Crippen LogP) is 0.0372.